The predicted molar refractivity (Wildman–Crippen MR) is 77.0 cm³/mol. The van der Waals surface area contributed by atoms with E-state index in [1.807, 2.05) is 6.07 Å². The number of hydrogen-bond donors (Lipinski definition) is 1. The molecule has 19 heavy (non-hydrogen) atoms. The summed E-state index contributed by atoms with van der Waals surface area (Å²) in [6.45, 7) is 0.505. The minimum Gasteiger partial charge on any atom is -0.380 e. The molecule has 98 valence electrons. The van der Waals surface area contributed by atoms with Crippen LogP contribution in [0.2, 0.25) is 0 Å². The molecule has 4 nitrogen and oxygen atoms in total. The molecule has 1 aromatic carbocycles. The average molecular weight is 321 g/mol. The number of hydrogen-bond acceptors (Lipinski definition) is 3. The van der Waals surface area contributed by atoms with Gasteiger partial charge in [0.2, 0.25) is 0 Å². The number of ether oxygens (including phenoxy) is 1. The Morgan fingerprint density at radius 1 is 1.42 bits per heavy atom. The van der Waals surface area contributed by atoms with Crippen molar-refractivity contribution in [1.82, 2.24) is 4.98 Å². The molecule has 0 atom stereocenters. The van der Waals surface area contributed by atoms with Crippen molar-refractivity contribution in [2.75, 3.05) is 12.4 Å². The van der Waals surface area contributed by atoms with Gasteiger partial charge in [0.05, 0.1) is 18.5 Å². The second-order valence-corrected chi connectivity index (χ2v) is 4.79. The van der Waals surface area contributed by atoms with Crippen molar-refractivity contribution in [1.29, 1.82) is 0 Å². The number of rotatable bonds is 4. The van der Waals surface area contributed by atoms with Gasteiger partial charge in [-0.1, -0.05) is 22.0 Å². The third kappa shape index (κ3) is 3.62. The lowest BCUT2D eigenvalue weighted by atomic mass is 10.1. The van der Waals surface area contributed by atoms with E-state index in [1.165, 1.54) is 0 Å². The van der Waals surface area contributed by atoms with Crippen LogP contribution in [0.25, 0.3) is 0 Å². The van der Waals surface area contributed by atoms with Gasteiger partial charge in [-0.3, -0.25) is 9.78 Å². The Balaban J connectivity index is 2.14. The molecule has 0 fully saturated rings. The van der Waals surface area contributed by atoms with Crippen molar-refractivity contribution in [2.24, 2.45) is 0 Å². The van der Waals surface area contributed by atoms with Crippen molar-refractivity contribution >= 4 is 27.5 Å². The summed E-state index contributed by atoms with van der Waals surface area (Å²) in [4.78, 5) is 16.0. The monoisotopic (exact) mass is 320 g/mol. The van der Waals surface area contributed by atoms with Crippen molar-refractivity contribution in [3.8, 4) is 0 Å². The van der Waals surface area contributed by atoms with Crippen LogP contribution in [0.15, 0.2) is 47.2 Å². The Kier molecular flexibility index (Phi) is 4.65. The van der Waals surface area contributed by atoms with Gasteiger partial charge < -0.3 is 10.1 Å². The zero-order chi connectivity index (χ0) is 13.7. The summed E-state index contributed by atoms with van der Waals surface area (Å²) >= 11 is 3.43. The number of methoxy groups -OCH3 is 1. The van der Waals surface area contributed by atoms with Crippen molar-refractivity contribution in [3.05, 3.63) is 58.3 Å². The summed E-state index contributed by atoms with van der Waals surface area (Å²) in [5, 5.41) is 2.78. The topological polar surface area (TPSA) is 51.2 Å². The van der Waals surface area contributed by atoms with Gasteiger partial charge in [-0.25, -0.2) is 0 Å². The normalized spacial score (nSPS) is 10.2. The van der Waals surface area contributed by atoms with Gasteiger partial charge >= 0.3 is 0 Å². The number of anilines is 1. The van der Waals surface area contributed by atoms with Crippen LogP contribution in [0.1, 0.15) is 15.9 Å². The Labute approximate surface area is 119 Å². The first-order valence-electron chi connectivity index (χ1n) is 5.69. The highest BCUT2D eigenvalue weighted by molar-refractivity contribution is 9.10. The molecule has 1 N–H and O–H groups in total. The first kappa shape index (κ1) is 13.7. The van der Waals surface area contributed by atoms with Crippen LogP contribution in [-0.4, -0.2) is 18.0 Å². The summed E-state index contributed by atoms with van der Waals surface area (Å²) in [7, 11) is 1.63. The fourth-order valence-electron chi connectivity index (χ4n) is 1.60. The largest absolute Gasteiger partial charge is 0.380 e. The molecular weight excluding hydrogens is 308 g/mol. The second-order valence-electron chi connectivity index (χ2n) is 3.94. The molecule has 0 unspecified atom stereocenters. The molecule has 5 heteroatoms. The first-order chi connectivity index (χ1) is 9.20. The quantitative estimate of drug-likeness (QED) is 0.940. The van der Waals surface area contributed by atoms with Crippen LogP contribution < -0.4 is 5.32 Å². The lowest BCUT2D eigenvalue weighted by molar-refractivity contribution is 0.102. The van der Waals surface area contributed by atoms with E-state index < -0.39 is 0 Å². The summed E-state index contributed by atoms with van der Waals surface area (Å²) < 4.78 is 5.92. The zero-order valence-electron chi connectivity index (χ0n) is 10.4. The van der Waals surface area contributed by atoms with E-state index in [0.29, 0.717) is 17.9 Å². The summed E-state index contributed by atoms with van der Waals surface area (Å²) in [5.41, 5.74) is 2.25. The van der Waals surface area contributed by atoms with E-state index in [4.69, 9.17) is 4.74 Å². The van der Waals surface area contributed by atoms with Crippen molar-refractivity contribution < 1.29 is 9.53 Å². The Morgan fingerprint density at radius 2 is 2.26 bits per heavy atom. The molecule has 2 rings (SSSR count). The van der Waals surface area contributed by atoms with Crippen LogP contribution in [-0.2, 0) is 11.3 Å². The Bertz CT molecular complexity index is 573. The second kappa shape index (κ2) is 6.45. The van der Waals surface area contributed by atoms with Gasteiger partial charge in [0.25, 0.3) is 5.91 Å². The molecule has 0 saturated heterocycles. The standard InChI is InChI=1S/C14H13BrN2O2/c1-19-9-11-5-4-10(7-13(11)15)14(18)17-12-3-2-6-16-8-12/h2-8H,9H2,1H3,(H,17,18). The minimum absolute atomic E-state index is 0.169. The molecular formula is C14H13BrN2O2. The van der Waals surface area contributed by atoms with Gasteiger partial charge in [-0.2, -0.15) is 0 Å². The Hall–Kier alpha value is -1.72. The number of amides is 1. The smallest absolute Gasteiger partial charge is 0.255 e. The highest BCUT2D eigenvalue weighted by Crippen LogP contribution is 2.20. The average Bonchev–Trinajstić information content (AvgIpc) is 2.42. The molecule has 0 spiro atoms. The molecule has 0 aliphatic carbocycles. The van der Waals surface area contributed by atoms with E-state index in [2.05, 4.69) is 26.2 Å². The van der Waals surface area contributed by atoms with Crippen LogP contribution in [0, 0.1) is 0 Å². The van der Waals surface area contributed by atoms with Gasteiger partial charge in [-0.05, 0) is 29.8 Å². The zero-order valence-corrected chi connectivity index (χ0v) is 12.0. The predicted octanol–water partition coefficient (Wildman–Crippen LogP) is 3.24. The summed E-state index contributed by atoms with van der Waals surface area (Å²) in [6, 6.07) is 8.98. The highest BCUT2D eigenvalue weighted by Gasteiger charge is 2.08. The Morgan fingerprint density at radius 3 is 2.89 bits per heavy atom. The fourth-order valence-corrected chi connectivity index (χ4v) is 2.09. The van der Waals surface area contributed by atoms with Crippen molar-refractivity contribution in [3.63, 3.8) is 0 Å². The summed E-state index contributed by atoms with van der Waals surface area (Å²) in [6.07, 6.45) is 3.26. The van der Waals surface area contributed by atoms with Gasteiger partial charge in [0.1, 0.15) is 0 Å². The van der Waals surface area contributed by atoms with E-state index in [1.54, 1.807) is 43.8 Å². The molecule has 0 radical (unpaired) electrons. The van der Waals surface area contributed by atoms with Crippen LogP contribution in [0.5, 0.6) is 0 Å². The number of nitrogens with one attached hydrogen (secondary N) is 1. The molecule has 0 saturated carbocycles. The SMILES string of the molecule is COCc1ccc(C(=O)Nc2cccnc2)cc1Br. The summed E-state index contributed by atoms with van der Waals surface area (Å²) in [5.74, 6) is -0.169. The maximum Gasteiger partial charge on any atom is 0.255 e. The van der Waals surface area contributed by atoms with Crippen molar-refractivity contribution in [2.45, 2.75) is 6.61 Å². The van der Waals surface area contributed by atoms with E-state index in [9.17, 15) is 4.79 Å². The van der Waals surface area contributed by atoms with E-state index in [-0.39, 0.29) is 5.91 Å². The third-order valence-electron chi connectivity index (χ3n) is 2.53. The third-order valence-corrected chi connectivity index (χ3v) is 3.27. The van der Waals surface area contributed by atoms with Crippen LogP contribution >= 0.6 is 15.9 Å². The molecule has 1 amide bonds. The maximum absolute atomic E-state index is 12.0. The van der Waals surface area contributed by atoms with Gasteiger partial charge in [0.15, 0.2) is 0 Å². The lowest BCUT2D eigenvalue weighted by Crippen LogP contribution is -2.12. The molecule has 1 aromatic heterocycles. The van der Waals surface area contributed by atoms with Crippen LogP contribution in [0.4, 0.5) is 5.69 Å². The molecule has 1 heterocycles. The molecule has 2 aromatic rings. The first-order valence-corrected chi connectivity index (χ1v) is 6.49. The van der Waals surface area contributed by atoms with E-state index in [0.717, 1.165) is 10.0 Å². The maximum atomic E-state index is 12.0. The molecule has 0 aliphatic heterocycles. The molecule has 0 aliphatic rings. The van der Waals surface area contributed by atoms with Crippen LogP contribution in [0.3, 0.4) is 0 Å². The van der Waals surface area contributed by atoms with Gasteiger partial charge in [0, 0.05) is 23.3 Å². The van der Waals surface area contributed by atoms with E-state index >= 15 is 0 Å². The number of halogens is 1. The highest BCUT2D eigenvalue weighted by atomic mass is 79.9. The number of carbonyl (C=O) groups excluding carboxylic acids is 1. The lowest BCUT2D eigenvalue weighted by Gasteiger charge is -2.07. The fraction of sp³-hybridized carbons (Fsp3) is 0.143. The minimum atomic E-state index is -0.169. The molecule has 0 bridgehead atoms. The van der Waals surface area contributed by atoms with Gasteiger partial charge in [-0.15, -0.1) is 0 Å². The number of pyridine rings is 1. The number of carbonyl (C=O) groups is 1. The number of benzene rings is 1. The number of aromatic nitrogens is 1. The number of nitrogens with zero attached hydrogens (tertiary/aromatic N) is 1.